The van der Waals surface area contributed by atoms with E-state index in [0.29, 0.717) is 0 Å². The highest BCUT2D eigenvalue weighted by Crippen LogP contribution is 2.13. The molecule has 0 N–H and O–H groups in total. The van der Waals surface area contributed by atoms with Gasteiger partial charge >= 0.3 is 0 Å². The highest BCUT2D eigenvalue weighted by atomic mass is 32.1. The third-order valence-corrected chi connectivity index (χ3v) is 2.75. The first-order valence-corrected chi connectivity index (χ1v) is 5.04. The topological polar surface area (TPSA) is 0 Å². The highest BCUT2D eigenvalue weighted by molar-refractivity contribution is 7.80. The first-order chi connectivity index (χ1) is 6.24. The van der Waals surface area contributed by atoms with Crippen LogP contribution in [0, 0.1) is 5.92 Å². The summed E-state index contributed by atoms with van der Waals surface area (Å²) in [6.45, 7) is 4.23. The third kappa shape index (κ3) is 3.27. The fraction of sp³-hybridized carbons (Fsp3) is 0.333. The highest BCUT2D eigenvalue weighted by Gasteiger charge is 2.07. The van der Waals surface area contributed by atoms with Crippen molar-refractivity contribution < 1.29 is 0 Å². The van der Waals surface area contributed by atoms with Gasteiger partial charge < -0.3 is 0 Å². The number of hydrogen-bond donors (Lipinski definition) is 0. The van der Waals surface area contributed by atoms with Crippen LogP contribution in [0.5, 0.6) is 0 Å². The van der Waals surface area contributed by atoms with Crippen LogP contribution in [-0.2, 0) is 6.42 Å². The molecule has 1 heteroatoms. The van der Waals surface area contributed by atoms with Crippen LogP contribution < -0.4 is 0 Å². The van der Waals surface area contributed by atoms with E-state index in [2.05, 4.69) is 38.1 Å². The van der Waals surface area contributed by atoms with Gasteiger partial charge in [-0.2, -0.15) is 0 Å². The van der Waals surface area contributed by atoms with E-state index in [4.69, 9.17) is 12.2 Å². The van der Waals surface area contributed by atoms with Gasteiger partial charge in [0.25, 0.3) is 0 Å². The summed E-state index contributed by atoms with van der Waals surface area (Å²) in [5, 5.41) is 0. The van der Waals surface area contributed by atoms with Gasteiger partial charge in [-0.3, -0.25) is 0 Å². The number of benzene rings is 1. The average Bonchev–Trinajstić information content (AvgIpc) is 2.18. The normalized spacial score (nSPS) is 10.4. The quantitative estimate of drug-likeness (QED) is 0.655. The lowest BCUT2D eigenvalue weighted by molar-refractivity contribution is 1.04. The van der Waals surface area contributed by atoms with Crippen molar-refractivity contribution in [3.05, 3.63) is 41.8 Å². The maximum absolute atomic E-state index is 5.24. The van der Waals surface area contributed by atoms with Gasteiger partial charge in [0, 0.05) is 5.92 Å². The zero-order valence-electron chi connectivity index (χ0n) is 8.21. The third-order valence-electron chi connectivity index (χ3n) is 2.11. The molecule has 0 unspecified atom stereocenters. The smallest absolute Gasteiger partial charge is 0.0131 e. The monoisotopic (exact) mass is 191 g/mol. The fourth-order valence-electron chi connectivity index (χ4n) is 1.30. The molecule has 1 aromatic rings. The molecular formula is C12H15S. The standard InChI is InChI=1S/C12H15S/c1-3-12(13)10(2)9-11-7-5-4-6-8-11/h4-8H,3,9H2,1-2H3. The van der Waals surface area contributed by atoms with E-state index in [1.807, 2.05) is 6.07 Å². The van der Waals surface area contributed by atoms with E-state index >= 15 is 0 Å². The van der Waals surface area contributed by atoms with Crippen molar-refractivity contribution in [2.75, 3.05) is 0 Å². The van der Waals surface area contributed by atoms with Crippen molar-refractivity contribution in [2.45, 2.75) is 26.7 Å². The summed E-state index contributed by atoms with van der Waals surface area (Å²) in [5.41, 5.74) is 1.34. The van der Waals surface area contributed by atoms with E-state index in [0.717, 1.165) is 17.7 Å². The van der Waals surface area contributed by atoms with Gasteiger partial charge in [0.15, 0.2) is 0 Å². The summed E-state index contributed by atoms with van der Waals surface area (Å²) in [7, 11) is 0. The Hall–Kier alpha value is -0.690. The zero-order valence-corrected chi connectivity index (χ0v) is 9.03. The van der Waals surface area contributed by atoms with Crippen molar-refractivity contribution in [1.82, 2.24) is 0 Å². The molecule has 1 rings (SSSR count). The maximum atomic E-state index is 5.24. The van der Waals surface area contributed by atoms with Crippen molar-refractivity contribution in [1.29, 1.82) is 0 Å². The predicted octanol–water partition coefficient (Wildman–Crippen LogP) is 3.60. The molecule has 0 aliphatic heterocycles. The Morgan fingerprint density at radius 1 is 1.23 bits per heavy atom. The molecule has 0 atom stereocenters. The van der Waals surface area contributed by atoms with Crippen molar-refractivity contribution >= 4 is 17.1 Å². The van der Waals surface area contributed by atoms with Gasteiger partial charge in [-0.05, 0) is 23.3 Å². The lowest BCUT2D eigenvalue weighted by atomic mass is 9.97. The van der Waals surface area contributed by atoms with E-state index in [-0.39, 0.29) is 0 Å². The fourth-order valence-corrected chi connectivity index (χ4v) is 1.37. The molecule has 0 fully saturated rings. The molecule has 0 aliphatic rings. The van der Waals surface area contributed by atoms with Crippen LogP contribution in [0.25, 0.3) is 0 Å². The summed E-state index contributed by atoms with van der Waals surface area (Å²) in [6, 6.07) is 10.5. The Kier molecular flexibility index (Phi) is 4.10. The van der Waals surface area contributed by atoms with Gasteiger partial charge in [-0.25, -0.2) is 0 Å². The van der Waals surface area contributed by atoms with Gasteiger partial charge in [-0.1, -0.05) is 56.4 Å². The summed E-state index contributed by atoms with van der Waals surface area (Å²) < 4.78 is 0. The second kappa shape index (κ2) is 5.13. The second-order valence-electron chi connectivity index (χ2n) is 3.22. The molecule has 0 aromatic heterocycles. The Morgan fingerprint density at radius 3 is 2.38 bits per heavy atom. The molecule has 0 heterocycles. The molecule has 0 saturated carbocycles. The van der Waals surface area contributed by atoms with Crippen LogP contribution in [0.2, 0.25) is 0 Å². The largest absolute Gasteiger partial charge is 0.0891 e. The molecule has 0 aliphatic carbocycles. The molecule has 0 amide bonds. The molecule has 13 heavy (non-hydrogen) atoms. The molecule has 1 radical (unpaired) electrons. The Morgan fingerprint density at radius 2 is 1.85 bits per heavy atom. The average molecular weight is 191 g/mol. The van der Waals surface area contributed by atoms with Crippen LogP contribution in [-0.4, -0.2) is 4.86 Å². The van der Waals surface area contributed by atoms with Crippen molar-refractivity contribution in [3.8, 4) is 0 Å². The minimum Gasteiger partial charge on any atom is -0.0891 e. The summed E-state index contributed by atoms with van der Waals surface area (Å²) >= 11 is 5.24. The van der Waals surface area contributed by atoms with Crippen LogP contribution in [0.3, 0.4) is 0 Å². The molecule has 1 aromatic carbocycles. The Labute approximate surface area is 86.0 Å². The number of thiocarbonyl (C=S) groups is 1. The second-order valence-corrected chi connectivity index (χ2v) is 3.71. The van der Waals surface area contributed by atoms with Crippen molar-refractivity contribution in [2.24, 2.45) is 0 Å². The van der Waals surface area contributed by atoms with E-state index in [9.17, 15) is 0 Å². The van der Waals surface area contributed by atoms with Gasteiger partial charge in [0.1, 0.15) is 0 Å². The van der Waals surface area contributed by atoms with Crippen LogP contribution in [0.4, 0.5) is 0 Å². The molecule has 0 nitrogen and oxygen atoms in total. The first kappa shape index (κ1) is 10.4. The van der Waals surface area contributed by atoms with Gasteiger partial charge in [0.2, 0.25) is 0 Å². The number of rotatable bonds is 4. The number of hydrogen-bond acceptors (Lipinski definition) is 1. The maximum Gasteiger partial charge on any atom is 0.0131 e. The zero-order chi connectivity index (χ0) is 9.68. The molecule has 69 valence electrons. The summed E-state index contributed by atoms with van der Waals surface area (Å²) in [4.78, 5) is 1.10. The molecule has 0 saturated heterocycles. The lowest BCUT2D eigenvalue weighted by Crippen LogP contribution is -2.07. The predicted molar refractivity (Wildman–Crippen MR) is 62.0 cm³/mol. The van der Waals surface area contributed by atoms with Gasteiger partial charge in [0.05, 0.1) is 0 Å². The SMILES string of the molecule is CCC(=S)[C](C)Cc1ccccc1. The van der Waals surface area contributed by atoms with Crippen LogP contribution in [0.1, 0.15) is 25.8 Å². The molecular weight excluding hydrogens is 176 g/mol. The van der Waals surface area contributed by atoms with Crippen LogP contribution in [0.15, 0.2) is 30.3 Å². The van der Waals surface area contributed by atoms with Gasteiger partial charge in [-0.15, -0.1) is 0 Å². The Balaban J connectivity index is 2.55. The Bertz CT molecular complexity index is 264. The minimum atomic E-state index is 0.980. The summed E-state index contributed by atoms with van der Waals surface area (Å²) in [6.07, 6.45) is 1.97. The molecule has 0 spiro atoms. The van der Waals surface area contributed by atoms with E-state index in [1.165, 1.54) is 11.5 Å². The minimum absolute atomic E-state index is 0.980. The lowest BCUT2D eigenvalue weighted by Gasteiger charge is -2.10. The van der Waals surface area contributed by atoms with E-state index in [1.54, 1.807) is 0 Å². The van der Waals surface area contributed by atoms with E-state index < -0.39 is 0 Å². The molecule has 0 bridgehead atoms. The summed E-state index contributed by atoms with van der Waals surface area (Å²) in [5.74, 6) is 1.32. The van der Waals surface area contributed by atoms with Crippen molar-refractivity contribution in [3.63, 3.8) is 0 Å². The van der Waals surface area contributed by atoms with Crippen LogP contribution >= 0.6 is 12.2 Å². The first-order valence-electron chi connectivity index (χ1n) is 4.63.